The molecule has 1 fully saturated rings. The number of nitrogens with one attached hydrogen (secondary N) is 1. The molecule has 0 radical (unpaired) electrons. The third kappa shape index (κ3) is 6.32. The first kappa shape index (κ1) is 21.8. The van der Waals surface area contributed by atoms with E-state index < -0.39 is 0 Å². The molecule has 0 aliphatic carbocycles. The molecular formula is C24H33N5O. The summed E-state index contributed by atoms with van der Waals surface area (Å²) >= 11 is 0. The van der Waals surface area contributed by atoms with Crippen molar-refractivity contribution in [3.05, 3.63) is 60.2 Å². The average molecular weight is 408 g/mol. The first-order valence-electron chi connectivity index (χ1n) is 10.9. The normalized spacial score (nSPS) is 14.8. The fourth-order valence-electron chi connectivity index (χ4n) is 3.72. The predicted octanol–water partition coefficient (Wildman–Crippen LogP) is 3.20. The number of amides is 1. The van der Waals surface area contributed by atoms with Gasteiger partial charge in [0.15, 0.2) is 0 Å². The Labute approximate surface area is 180 Å². The van der Waals surface area contributed by atoms with Crippen LogP contribution in [0.3, 0.4) is 0 Å². The number of carbonyl (C=O) groups is 1. The molecule has 0 unspecified atom stereocenters. The Morgan fingerprint density at radius 3 is 2.30 bits per heavy atom. The van der Waals surface area contributed by atoms with Gasteiger partial charge in [0.1, 0.15) is 0 Å². The van der Waals surface area contributed by atoms with Crippen LogP contribution in [0, 0.1) is 0 Å². The van der Waals surface area contributed by atoms with Crippen molar-refractivity contribution in [2.24, 2.45) is 5.10 Å². The number of para-hydroxylation sites is 1. The third-order valence-corrected chi connectivity index (χ3v) is 5.57. The van der Waals surface area contributed by atoms with E-state index >= 15 is 0 Å². The van der Waals surface area contributed by atoms with Crippen molar-refractivity contribution in [1.82, 2.24) is 10.3 Å². The molecule has 2 aromatic rings. The van der Waals surface area contributed by atoms with E-state index in [9.17, 15) is 4.79 Å². The molecule has 0 saturated carbocycles. The number of carbonyl (C=O) groups excluding carboxylic acids is 1. The number of hydrogen-bond donors (Lipinski definition) is 1. The Kier molecular flexibility index (Phi) is 8.27. The van der Waals surface area contributed by atoms with Crippen molar-refractivity contribution >= 4 is 23.5 Å². The Balaban J connectivity index is 1.36. The van der Waals surface area contributed by atoms with E-state index in [1.165, 1.54) is 11.4 Å². The van der Waals surface area contributed by atoms with E-state index in [1.807, 2.05) is 18.2 Å². The summed E-state index contributed by atoms with van der Waals surface area (Å²) < 4.78 is 0. The maximum absolute atomic E-state index is 12.1. The molecule has 1 aliphatic rings. The molecule has 0 bridgehead atoms. The molecule has 2 aromatic carbocycles. The van der Waals surface area contributed by atoms with Crippen molar-refractivity contribution in [2.45, 2.75) is 20.3 Å². The third-order valence-electron chi connectivity index (χ3n) is 5.57. The maximum atomic E-state index is 12.1. The monoisotopic (exact) mass is 407 g/mol. The van der Waals surface area contributed by atoms with E-state index in [1.54, 1.807) is 6.21 Å². The summed E-state index contributed by atoms with van der Waals surface area (Å²) in [5.74, 6) is -0.0449. The molecule has 6 nitrogen and oxygen atoms in total. The fraction of sp³-hybridized carbons (Fsp3) is 0.417. The van der Waals surface area contributed by atoms with Gasteiger partial charge in [-0.3, -0.25) is 9.69 Å². The highest BCUT2D eigenvalue weighted by molar-refractivity contribution is 5.82. The zero-order chi connectivity index (χ0) is 21.2. The van der Waals surface area contributed by atoms with Gasteiger partial charge in [-0.05, 0) is 43.7 Å². The van der Waals surface area contributed by atoms with E-state index in [0.29, 0.717) is 6.42 Å². The summed E-state index contributed by atoms with van der Waals surface area (Å²) in [5, 5.41) is 4.11. The number of hydrazone groups is 1. The van der Waals surface area contributed by atoms with Gasteiger partial charge in [0.25, 0.3) is 0 Å². The molecule has 1 aliphatic heterocycles. The van der Waals surface area contributed by atoms with Gasteiger partial charge >= 0.3 is 0 Å². The Bertz CT molecular complexity index is 794. The summed E-state index contributed by atoms with van der Waals surface area (Å²) in [7, 11) is 0. The van der Waals surface area contributed by atoms with Crippen LogP contribution in [0.2, 0.25) is 0 Å². The van der Waals surface area contributed by atoms with Crippen LogP contribution in [0.25, 0.3) is 0 Å². The smallest absolute Gasteiger partial charge is 0.241 e. The molecule has 30 heavy (non-hydrogen) atoms. The zero-order valence-electron chi connectivity index (χ0n) is 18.1. The second-order valence-corrected chi connectivity index (χ2v) is 7.47. The molecule has 1 N–H and O–H groups in total. The molecule has 0 spiro atoms. The molecule has 160 valence electrons. The van der Waals surface area contributed by atoms with Crippen molar-refractivity contribution in [3.63, 3.8) is 0 Å². The highest BCUT2D eigenvalue weighted by Crippen LogP contribution is 2.16. The highest BCUT2D eigenvalue weighted by Gasteiger charge is 2.17. The molecule has 0 atom stereocenters. The quantitative estimate of drug-likeness (QED) is 0.512. The largest absolute Gasteiger partial charge is 0.372 e. The summed E-state index contributed by atoms with van der Waals surface area (Å²) in [6.07, 6.45) is 2.16. The molecular weight excluding hydrogens is 374 g/mol. The van der Waals surface area contributed by atoms with E-state index in [0.717, 1.165) is 51.4 Å². The lowest BCUT2D eigenvalue weighted by Gasteiger charge is -2.36. The zero-order valence-corrected chi connectivity index (χ0v) is 18.1. The second-order valence-electron chi connectivity index (χ2n) is 7.47. The van der Waals surface area contributed by atoms with Crippen LogP contribution in [0.15, 0.2) is 59.7 Å². The second kappa shape index (κ2) is 11.4. The number of hydrogen-bond acceptors (Lipinski definition) is 5. The summed E-state index contributed by atoms with van der Waals surface area (Å²) in [6.45, 7) is 11.0. The van der Waals surface area contributed by atoms with Gasteiger partial charge in [-0.15, -0.1) is 0 Å². The number of benzene rings is 2. The van der Waals surface area contributed by atoms with Gasteiger partial charge in [0.05, 0.1) is 6.21 Å². The number of piperazine rings is 1. The molecule has 1 heterocycles. The maximum Gasteiger partial charge on any atom is 0.241 e. The minimum absolute atomic E-state index is 0.0449. The van der Waals surface area contributed by atoms with Crippen LogP contribution < -0.4 is 15.2 Å². The fourth-order valence-corrected chi connectivity index (χ4v) is 3.72. The molecule has 0 aromatic heterocycles. The predicted molar refractivity (Wildman–Crippen MR) is 125 cm³/mol. The lowest BCUT2D eigenvalue weighted by atomic mass is 10.2. The van der Waals surface area contributed by atoms with Crippen LogP contribution in [-0.4, -0.2) is 62.8 Å². The van der Waals surface area contributed by atoms with Crippen molar-refractivity contribution in [1.29, 1.82) is 0 Å². The van der Waals surface area contributed by atoms with E-state index in [2.05, 4.69) is 75.5 Å². The van der Waals surface area contributed by atoms with Gasteiger partial charge in [0.2, 0.25) is 5.91 Å². The van der Waals surface area contributed by atoms with Crippen molar-refractivity contribution in [3.8, 4) is 0 Å². The van der Waals surface area contributed by atoms with Gasteiger partial charge in [0, 0.05) is 63.6 Å². The minimum Gasteiger partial charge on any atom is -0.372 e. The summed E-state index contributed by atoms with van der Waals surface area (Å²) in [5.41, 5.74) is 6.10. The average Bonchev–Trinajstić information content (AvgIpc) is 2.80. The van der Waals surface area contributed by atoms with Crippen LogP contribution >= 0.6 is 0 Å². The first-order chi connectivity index (χ1) is 14.7. The van der Waals surface area contributed by atoms with E-state index in [4.69, 9.17) is 0 Å². The van der Waals surface area contributed by atoms with Crippen molar-refractivity contribution in [2.75, 3.05) is 55.6 Å². The van der Waals surface area contributed by atoms with Gasteiger partial charge < -0.3 is 9.80 Å². The molecule has 3 rings (SSSR count). The van der Waals surface area contributed by atoms with Crippen LogP contribution in [0.5, 0.6) is 0 Å². The Morgan fingerprint density at radius 1 is 1.00 bits per heavy atom. The number of nitrogens with zero attached hydrogens (tertiary/aromatic N) is 4. The Morgan fingerprint density at radius 2 is 1.67 bits per heavy atom. The summed E-state index contributed by atoms with van der Waals surface area (Å²) in [4.78, 5) is 19.1. The number of rotatable bonds is 9. The number of anilines is 2. The lowest BCUT2D eigenvalue weighted by Crippen LogP contribution is -2.47. The molecule has 1 amide bonds. The highest BCUT2D eigenvalue weighted by atomic mass is 16.2. The van der Waals surface area contributed by atoms with Crippen molar-refractivity contribution < 1.29 is 4.79 Å². The van der Waals surface area contributed by atoms with Crippen LogP contribution in [0.1, 0.15) is 25.8 Å². The standard InChI is InChI=1S/C24H33N5O/c1-3-28(4-2)23-12-10-21(11-13-23)20-25-26-24(30)14-15-27-16-18-29(19-17-27)22-8-6-5-7-9-22/h5-13,20H,3-4,14-19H2,1-2H3,(H,26,30)/b25-20+. The van der Waals surface area contributed by atoms with Crippen LogP contribution in [0.4, 0.5) is 11.4 Å². The molecule has 1 saturated heterocycles. The van der Waals surface area contributed by atoms with Gasteiger partial charge in [-0.2, -0.15) is 5.10 Å². The Hall–Kier alpha value is -2.86. The lowest BCUT2D eigenvalue weighted by molar-refractivity contribution is -0.121. The first-order valence-corrected chi connectivity index (χ1v) is 10.9. The van der Waals surface area contributed by atoms with E-state index in [-0.39, 0.29) is 5.91 Å². The SMILES string of the molecule is CCN(CC)c1ccc(/C=N/NC(=O)CCN2CCN(c3ccccc3)CC2)cc1. The topological polar surface area (TPSA) is 51.2 Å². The van der Waals surface area contributed by atoms with Crippen LogP contribution in [-0.2, 0) is 4.79 Å². The summed E-state index contributed by atoms with van der Waals surface area (Å²) in [6, 6.07) is 18.7. The van der Waals surface area contributed by atoms with Gasteiger partial charge in [-0.25, -0.2) is 5.43 Å². The molecule has 6 heteroatoms. The minimum atomic E-state index is -0.0449. The van der Waals surface area contributed by atoms with Gasteiger partial charge in [-0.1, -0.05) is 30.3 Å².